The van der Waals surface area contributed by atoms with Gasteiger partial charge in [-0.25, -0.2) is 16.8 Å². The average Bonchev–Trinajstić information content (AvgIpc) is 1.52. The maximum atomic E-state index is 11.4. The van der Waals surface area contributed by atoms with E-state index in [1.165, 1.54) is 0 Å². The van der Waals surface area contributed by atoms with Gasteiger partial charge in [-0.1, -0.05) is 0 Å². The van der Waals surface area contributed by atoms with Crippen LogP contribution in [-0.2, 0) is 20.0 Å². The van der Waals surface area contributed by atoms with Crippen molar-refractivity contribution in [1.82, 2.24) is 0 Å². The van der Waals surface area contributed by atoms with Crippen LogP contribution in [0, 0.1) is 0 Å². The van der Waals surface area contributed by atoms with Gasteiger partial charge in [-0.3, -0.25) is 0 Å². The molecule has 0 amide bonds. The summed E-state index contributed by atoms with van der Waals surface area (Å²) in [5.74, 6) is 0. The average molecular weight is 250 g/mol. The van der Waals surface area contributed by atoms with E-state index in [4.69, 9.17) is 0 Å². The molecule has 0 aromatic heterocycles. The molecule has 0 rings (SSSR count). The summed E-state index contributed by atoms with van der Waals surface area (Å²) in [7, 11) is -11.3. The fourth-order valence-electron chi connectivity index (χ4n) is 0.257. The molecule has 0 aromatic rings. The van der Waals surface area contributed by atoms with Crippen LogP contribution in [-0.4, -0.2) is 32.0 Å². The molecule has 74 valence electrons. The second kappa shape index (κ2) is 4.45. The summed E-state index contributed by atoms with van der Waals surface area (Å²) in [6.45, 7) is 0. The first kappa shape index (κ1) is 16.1. The largest absolute Gasteiger partial charge is 1.00 e. The molecule has 11 heteroatoms. The predicted octanol–water partition coefficient (Wildman–Crippen LogP) is -3.57. The molecule has 0 N–H and O–H groups in total. The summed E-state index contributed by atoms with van der Waals surface area (Å²) in [4.78, 5) is 0. The van der Waals surface area contributed by atoms with Crippen LogP contribution in [0.25, 0.3) is 0 Å². The van der Waals surface area contributed by atoms with Gasteiger partial charge in [0.05, 0.1) is 0 Å². The Morgan fingerprint density at radius 3 is 1.46 bits per heavy atom. The van der Waals surface area contributed by atoms with Crippen molar-refractivity contribution in [2.75, 3.05) is 5.08 Å². The van der Waals surface area contributed by atoms with Gasteiger partial charge in [-0.05, 0) is 0 Å². The minimum Gasteiger partial charge on any atom is -0.747 e. The Labute approximate surface area is 94.3 Å². The molecule has 0 saturated heterocycles. The van der Waals surface area contributed by atoms with Crippen LogP contribution >= 0.6 is 0 Å². The first-order chi connectivity index (χ1) is 4.96. The summed E-state index contributed by atoms with van der Waals surface area (Å²) in [6, 6.07) is 0. The zero-order valence-corrected chi connectivity index (χ0v) is 9.83. The fraction of sp³-hybridized carbons (Fsp3) is 1.00. The maximum absolute atomic E-state index is 11.4. The second-order valence-corrected chi connectivity index (χ2v) is 5.49. The SMILES string of the molecule is O=S(=O)([O-])CS(=O)(=O)C(F)(F)F.[Na+]. The number of hydrogen-bond acceptors (Lipinski definition) is 5. The molecule has 0 unspecified atom stereocenters. The van der Waals surface area contributed by atoms with E-state index in [0.717, 1.165) is 0 Å². The summed E-state index contributed by atoms with van der Waals surface area (Å²) in [5, 5.41) is -2.45. The molecular weight excluding hydrogens is 248 g/mol. The van der Waals surface area contributed by atoms with Gasteiger partial charge in [-0.15, -0.1) is 0 Å². The molecule has 0 fully saturated rings. The summed E-state index contributed by atoms with van der Waals surface area (Å²) in [6.07, 6.45) is 0. The van der Waals surface area contributed by atoms with Gasteiger partial charge < -0.3 is 4.55 Å². The normalized spacial score (nSPS) is 13.5. The maximum Gasteiger partial charge on any atom is 1.00 e. The number of alkyl halides is 3. The number of sulfone groups is 1. The van der Waals surface area contributed by atoms with E-state index in [1.807, 2.05) is 0 Å². The molecule has 0 aliphatic rings. The Kier molecular flexibility index (Phi) is 5.50. The van der Waals surface area contributed by atoms with Crippen LogP contribution in [0.3, 0.4) is 0 Å². The van der Waals surface area contributed by atoms with E-state index >= 15 is 0 Å². The van der Waals surface area contributed by atoms with Gasteiger partial charge in [0.2, 0.25) is 0 Å². The van der Waals surface area contributed by atoms with Gasteiger partial charge in [0.1, 0.15) is 15.2 Å². The van der Waals surface area contributed by atoms with Crippen molar-refractivity contribution in [2.24, 2.45) is 0 Å². The van der Waals surface area contributed by atoms with Crippen LogP contribution in [0.1, 0.15) is 0 Å². The van der Waals surface area contributed by atoms with Crippen molar-refractivity contribution in [3.8, 4) is 0 Å². The minimum atomic E-state index is -5.86. The summed E-state index contributed by atoms with van der Waals surface area (Å²) in [5.41, 5.74) is -5.70. The molecule has 0 aliphatic carbocycles. The molecule has 13 heavy (non-hydrogen) atoms. The monoisotopic (exact) mass is 250 g/mol. The van der Waals surface area contributed by atoms with E-state index in [2.05, 4.69) is 0 Å². The fourth-order valence-corrected chi connectivity index (χ4v) is 2.31. The van der Waals surface area contributed by atoms with Crippen molar-refractivity contribution < 1.29 is 64.1 Å². The van der Waals surface area contributed by atoms with E-state index in [0.29, 0.717) is 0 Å². The third-order valence-electron chi connectivity index (χ3n) is 0.652. The first-order valence-electron chi connectivity index (χ1n) is 2.18. The van der Waals surface area contributed by atoms with Crippen LogP contribution in [0.15, 0.2) is 0 Å². The van der Waals surface area contributed by atoms with E-state index < -0.39 is 30.5 Å². The predicted molar refractivity (Wildman–Crippen MR) is 29.5 cm³/mol. The number of halogens is 3. The van der Waals surface area contributed by atoms with E-state index in [9.17, 15) is 34.6 Å². The van der Waals surface area contributed by atoms with Gasteiger partial charge in [0.15, 0.2) is 0 Å². The van der Waals surface area contributed by atoms with Crippen LogP contribution < -0.4 is 29.6 Å². The van der Waals surface area contributed by atoms with Crippen molar-refractivity contribution in [1.29, 1.82) is 0 Å². The molecule has 0 atom stereocenters. The van der Waals surface area contributed by atoms with Crippen molar-refractivity contribution in [3.63, 3.8) is 0 Å². The Balaban J connectivity index is 0. The molecule has 0 saturated carbocycles. The van der Waals surface area contributed by atoms with E-state index in [1.54, 1.807) is 0 Å². The molecular formula is C2H2F3NaO5S2. The van der Waals surface area contributed by atoms with Gasteiger partial charge in [0.25, 0.3) is 9.84 Å². The standard InChI is InChI=1S/C2H3F3O5S2.Na/c3-2(4,5)11(6,7)1-12(8,9)10;/h1H2,(H,8,9,10);/q;+1/p-1. The number of rotatable bonds is 2. The van der Waals surface area contributed by atoms with Gasteiger partial charge >= 0.3 is 35.1 Å². The topological polar surface area (TPSA) is 91.3 Å². The van der Waals surface area contributed by atoms with Crippen LogP contribution in [0.5, 0.6) is 0 Å². The zero-order chi connectivity index (χ0) is 10.2. The van der Waals surface area contributed by atoms with E-state index in [-0.39, 0.29) is 29.6 Å². The molecule has 0 aliphatic heterocycles. The molecule has 0 spiro atoms. The summed E-state index contributed by atoms with van der Waals surface area (Å²) < 4.78 is 83.0. The van der Waals surface area contributed by atoms with Crippen LogP contribution in [0.2, 0.25) is 0 Å². The Hall–Kier alpha value is 0.650. The van der Waals surface area contributed by atoms with Crippen molar-refractivity contribution in [2.45, 2.75) is 5.51 Å². The summed E-state index contributed by atoms with van der Waals surface area (Å²) >= 11 is 0. The molecule has 5 nitrogen and oxygen atoms in total. The molecule has 0 heterocycles. The first-order valence-corrected chi connectivity index (χ1v) is 5.41. The third-order valence-corrected chi connectivity index (χ3v) is 3.75. The minimum absolute atomic E-state index is 0. The second-order valence-electron chi connectivity index (χ2n) is 1.74. The van der Waals surface area contributed by atoms with Gasteiger partial charge in [-0.2, -0.15) is 13.2 Å². The zero-order valence-electron chi connectivity index (χ0n) is 6.20. The van der Waals surface area contributed by atoms with Crippen molar-refractivity contribution >= 4 is 20.0 Å². The van der Waals surface area contributed by atoms with Gasteiger partial charge in [0, 0.05) is 0 Å². The molecule has 0 radical (unpaired) electrons. The quantitative estimate of drug-likeness (QED) is 0.373. The Morgan fingerprint density at radius 1 is 1.08 bits per heavy atom. The van der Waals surface area contributed by atoms with Crippen molar-refractivity contribution in [3.05, 3.63) is 0 Å². The Bertz CT molecular complexity index is 352. The van der Waals surface area contributed by atoms with Crippen LogP contribution in [0.4, 0.5) is 13.2 Å². The Morgan fingerprint density at radius 2 is 1.38 bits per heavy atom. The molecule has 0 bridgehead atoms. The molecule has 0 aromatic carbocycles. The smallest absolute Gasteiger partial charge is 0.747 e. The third kappa shape index (κ3) is 5.86. The number of hydrogen-bond donors (Lipinski definition) is 0.